The van der Waals surface area contributed by atoms with Crippen molar-refractivity contribution in [2.24, 2.45) is 0 Å². The largest absolute Gasteiger partial charge is 0.450 e. The van der Waals surface area contributed by atoms with Crippen LogP contribution in [0.15, 0.2) is 51.7 Å². The van der Waals surface area contributed by atoms with Crippen LogP contribution in [0.2, 0.25) is 0 Å². The normalized spacial score (nSPS) is 16.4. The number of carbonyl (C=O) groups is 1. The molecule has 5 heteroatoms. The van der Waals surface area contributed by atoms with E-state index in [2.05, 4.69) is 32.9 Å². The van der Waals surface area contributed by atoms with Gasteiger partial charge >= 0.3 is 0 Å². The lowest BCUT2D eigenvalue weighted by atomic mass is 9.86. The molecule has 0 saturated carbocycles. The monoisotopic (exact) mass is 405 g/mol. The molecular weight excluding hydrogens is 378 g/mol. The number of amides is 1. The van der Waals surface area contributed by atoms with E-state index in [1.165, 1.54) is 5.56 Å². The molecule has 2 aromatic carbocycles. The van der Waals surface area contributed by atoms with Crippen molar-refractivity contribution in [2.45, 2.75) is 39.2 Å². The smallest absolute Gasteiger partial charge is 0.290 e. The number of methoxy groups -OCH3 is 1. The third kappa shape index (κ3) is 3.33. The number of rotatable bonds is 4. The zero-order valence-electron chi connectivity index (χ0n) is 18.1. The van der Waals surface area contributed by atoms with Gasteiger partial charge in [-0.05, 0) is 35.6 Å². The molecule has 2 heterocycles. The third-order valence-electron chi connectivity index (χ3n) is 5.75. The van der Waals surface area contributed by atoms with Gasteiger partial charge in [-0.15, -0.1) is 0 Å². The van der Waals surface area contributed by atoms with E-state index in [1.807, 2.05) is 31.2 Å². The Morgan fingerprint density at radius 3 is 2.40 bits per heavy atom. The predicted molar refractivity (Wildman–Crippen MR) is 117 cm³/mol. The van der Waals surface area contributed by atoms with Crippen molar-refractivity contribution in [1.29, 1.82) is 0 Å². The van der Waals surface area contributed by atoms with Gasteiger partial charge < -0.3 is 14.1 Å². The average Bonchev–Trinajstić information content (AvgIpc) is 2.98. The van der Waals surface area contributed by atoms with Crippen LogP contribution in [-0.2, 0) is 10.2 Å². The zero-order chi connectivity index (χ0) is 21.6. The molecule has 0 N–H and O–H groups in total. The molecule has 0 spiro atoms. The molecule has 5 nitrogen and oxygen atoms in total. The van der Waals surface area contributed by atoms with Crippen molar-refractivity contribution in [3.63, 3.8) is 0 Å². The minimum Gasteiger partial charge on any atom is -0.450 e. The minimum absolute atomic E-state index is 0.0183. The van der Waals surface area contributed by atoms with Gasteiger partial charge in [-0.1, -0.05) is 56.7 Å². The fourth-order valence-corrected chi connectivity index (χ4v) is 4.07. The standard InChI is InChI=1S/C25H27NO4/c1-15-6-11-19-18(14-15)22(27)20-21(16-7-9-17(10-8-16)25(2,3)4)26(12-13-29-5)24(28)23(20)30-19/h6-11,14,21H,12-13H2,1-5H3. The molecule has 1 aliphatic heterocycles. The Hall–Kier alpha value is -2.92. The number of ether oxygens (including phenoxy) is 1. The summed E-state index contributed by atoms with van der Waals surface area (Å²) in [4.78, 5) is 28.4. The SMILES string of the molecule is COCCN1C(=O)c2oc3ccc(C)cc3c(=O)c2C1c1ccc(C(C)(C)C)cc1. The van der Waals surface area contributed by atoms with E-state index < -0.39 is 6.04 Å². The van der Waals surface area contributed by atoms with Crippen LogP contribution in [0.3, 0.4) is 0 Å². The molecule has 1 aliphatic rings. The van der Waals surface area contributed by atoms with Crippen molar-refractivity contribution in [1.82, 2.24) is 4.90 Å². The van der Waals surface area contributed by atoms with E-state index in [0.717, 1.165) is 11.1 Å². The zero-order valence-corrected chi connectivity index (χ0v) is 18.1. The first-order valence-electron chi connectivity index (χ1n) is 10.2. The summed E-state index contributed by atoms with van der Waals surface area (Å²) in [5.74, 6) is -0.135. The van der Waals surface area contributed by atoms with Gasteiger partial charge in [0.15, 0.2) is 5.43 Å². The van der Waals surface area contributed by atoms with Crippen molar-refractivity contribution in [2.75, 3.05) is 20.3 Å². The van der Waals surface area contributed by atoms with E-state index in [4.69, 9.17) is 9.15 Å². The van der Waals surface area contributed by atoms with Crippen molar-refractivity contribution in [3.05, 3.63) is 80.7 Å². The maximum absolute atomic E-state index is 13.5. The number of carbonyl (C=O) groups excluding carboxylic acids is 1. The maximum Gasteiger partial charge on any atom is 0.290 e. The van der Waals surface area contributed by atoms with Crippen molar-refractivity contribution < 1.29 is 13.9 Å². The number of nitrogens with zero attached hydrogens (tertiary/aromatic N) is 1. The summed E-state index contributed by atoms with van der Waals surface area (Å²) in [6.07, 6.45) is 0. The second-order valence-corrected chi connectivity index (χ2v) is 8.94. The Balaban J connectivity index is 1.92. The van der Waals surface area contributed by atoms with Gasteiger partial charge in [0.05, 0.1) is 23.6 Å². The molecule has 0 bridgehead atoms. The first-order valence-corrected chi connectivity index (χ1v) is 10.2. The van der Waals surface area contributed by atoms with Gasteiger partial charge in [0.2, 0.25) is 5.76 Å². The van der Waals surface area contributed by atoms with Crippen LogP contribution in [-0.4, -0.2) is 31.1 Å². The Kier molecular flexibility index (Phi) is 5.02. The van der Waals surface area contributed by atoms with Gasteiger partial charge in [-0.25, -0.2) is 0 Å². The summed E-state index contributed by atoms with van der Waals surface area (Å²) in [5.41, 5.74) is 3.79. The second kappa shape index (κ2) is 7.40. The van der Waals surface area contributed by atoms with Crippen LogP contribution >= 0.6 is 0 Å². The lowest BCUT2D eigenvalue weighted by Crippen LogP contribution is -2.32. The Labute approximate surface area is 176 Å². The maximum atomic E-state index is 13.5. The molecular formula is C25H27NO4. The second-order valence-electron chi connectivity index (χ2n) is 8.94. The summed E-state index contributed by atoms with van der Waals surface area (Å²) in [6, 6.07) is 13.1. The first kappa shape index (κ1) is 20.4. The summed E-state index contributed by atoms with van der Waals surface area (Å²) in [5, 5.41) is 0.506. The summed E-state index contributed by atoms with van der Waals surface area (Å²) < 4.78 is 11.2. The Morgan fingerprint density at radius 2 is 1.77 bits per heavy atom. The summed E-state index contributed by atoms with van der Waals surface area (Å²) in [6.45, 7) is 9.16. The molecule has 0 fully saturated rings. The topological polar surface area (TPSA) is 59.8 Å². The first-order chi connectivity index (χ1) is 14.2. The molecule has 30 heavy (non-hydrogen) atoms. The fourth-order valence-electron chi connectivity index (χ4n) is 4.07. The quantitative estimate of drug-likeness (QED) is 0.637. The molecule has 1 aromatic heterocycles. The predicted octanol–water partition coefficient (Wildman–Crippen LogP) is 4.59. The number of aryl methyl sites for hydroxylation is 1. The van der Waals surface area contributed by atoms with E-state index in [1.54, 1.807) is 18.1 Å². The average molecular weight is 405 g/mol. The van der Waals surface area contributed by atoms with E-state index in [-0.39, 0.29) is 22.5 Å². The molecule has 156 valence electrons. The van der Waals surface area contributed by atoms with Gasteiger partial charge in [0.25, 0.3) is 5.91 Å². The molecule has 1 amide bonds. The Bertz CT molecular complexity index is 1170. The summed E-state index contributed by atoms with van der Waals surface area (Å²) >= 11 is 0. The molecule has 3 aromatic rings. The van der Waals surface area contributed by atoms with Crippen LogP contribution in [0.4, 0.5) is 0 Å². The summed E-state index contributed by atoms with van der Waals surface area (Å²) in [7, 11) is 1.60. The number of hydrogen-bond acceptors (Lipinski definition) is 4. The van der Waals surface area contributed by atoms with E-state index >= 15 is 0 Å². The Morgan fingerprint density at radius 1 is 1.07 bits per heavy atom. The number of fused-ring (bicyclic) bond motifs is 2. The molecule has 1 atom stereocenters. The lowest BCUT2D eigenvalue weighted by molar-refractivity contribution is 0.0663. The van der Waals surface area contributed by atoms with Crippen LogP contribution in [0.25, 0.3) is 11.0 Å². The highest BCUT2D eigenvalue weighted by Crippen LogP contribution is 2.38. The highest BCUT2D eigenvalue weighted by Gasteiger charge is 2.42. The van der Waals surface area contributed by atoms with Gasteiger partial charge in [-0.3, -0.25) is 9.59 Å². The molecule has 1 unspecified atom stereocenters. The molecule has 4 rings (SSSR count). The molecule has 0 aliphatic carbocycles. The van der Waals surface area contributed by atoms with Gasteiger partial charge in [-0.2, -0.15) is 0 Å². The highest BCUT2D eigenvalue weighted by atomic mass is 16.5. The third-order valence-corrected chi connectivity index (χ3v) is 5.75. The fraction of sp³-hybridized carbons (Fsp3) is 0.360. The van der Waals surface area contributed by atoms with Crippen molar-refractivity contribution in [3.8, 4) is 0 Å². The van der Waals surface area contributed by atoms with Crippen LogP contribution in [0.5, 0.6) is 0 Å². The van der Waals surface area contributed by atoms with Gasteiger partial charge in [0.1, 0.15) is 5.58 Å². The van der Waals surface area contributed by atoms with Crippen molar-refractivity contribution >= 4 is 16.9 Å². The van der Waals surface area contributed by atoms with Crippen LogP contribution < -0.4 is 5.43 Å². The molecule has 0 saturated heterocycles. The van der Waals surface area contributed by atoms with E-state index in [9.17, 15) is 9.59 Å². The van der Waals surface area contributed by atoms with E-state index in [0.29, 0.717) is 29.7 Å². The van der Waals surface area contributed by atoms with Crippen LogP contribution in [0, 0.1) is 6.92 Å². The van der Waals surface area contributed by atoms with Gasteiger partial charge in [0, 0.05) is 13.7 Å². The minimum atomic E-state index is -0.488. The number of benzene rings is 2. The van der Waals surface area contributed by atoms with Crippen LogP contribution in [0.1, 0.15) is 59.6 Å². The molecule has 0 radical (unpaired) electrons. The highest BCUT2D eigenvalue weighted by molar-refractivity contribution is 5.99. The number of hydrogen-bond donors (Lipinski definition) is 0. The lowest BCUT2D eigenvalue weighted by Gasteiger charge is -2.26.